The van der Waals surface area contributed by atoms with Gasteiger partial charge in [-0.25, -0.2) is 0 Å². The van der Waals surface area contributed by atoms with E-state index in [2.05, 4.69) is 10.6 Å². The summed E-state index contributed by atoms with van der Waals surface area (Å²) >= 11 is 0. The predicted octanol–water partition coefficient (Wildman–Crippen LogP) is 2.63. The Kier molecular flexibility index (Phi) is 5.79. The normalized spacial score (nSPS) is 18.0. The average molecular weight is 359 g/mol. The number of aromatic nitrogens is 1. The van der Waals surface area contributed by atoms with Gasteiger partial charge in [-0.3, -0.25) is 14.4 Å². The minimum atomic E-state index is -0.475. The minimum Gasteiger partial charge on any atom is -0.352 e. The number of hydrogen-bond acceptors (Lipinski definition) is 3. The van der Waals surface area contributed by atoms with E-state index in [0.29, 0.717) is 12.5 Å². The van der Waals surface area contributed by atoms with Crippen LogP contribution in [0.2, 0.25) is 0 Å². The van der Waals surface area contributed by atoms with Gasteiger partial charge in [-0.05, 0) is 31.6 Å². The highest BCUT2D eigenvalue weighted by molar-refractivity contribution is 5.99. The van der Waals surface area contributed by atoms with Crippen LogP contribution in [0, 0.1) is 5.92 Å². The van der Waals surface area contributed by atoms with Crippen LogP contribution in [0.1, 0.15) is 85.6 Å². The van der Waals surface area contributed by atoms with Crippen molar-refractivity contribution < 1.29 is 9.59 Å². The molecule has 3 rings (SSSR count). The third-order valence-electron chi connectivity index (χ3n) is 5.11. The molecule has 142 valence electrons. The summed E-state index contributed by atoms with van der Waals surface area (Å²) in [5.74, 6) is -0.462. The molecule has 0 atom stereocenters. The van der Waals surface area contributed by atoms with Gasteiger partial charge in [0.25, 0.3) is 11.8 Å². The van der Waals surface area contributed by atoms with E-state index in [1.54, 1.807) is 12.4 Å². The van der Waals surface area contributed by atoms with Gasteiger partial charge in [0.15, 0.2) is 0 Å². The van der Waals surface area contributed by atoms with Gasteiger partial charge in [0.1, 0.15) is 11.1 Å². The maximum absolute atomic E-state index is 12.8. The molecule has 2 saturated carbocycles. The van der Waals surface area contributed by atoms with Crippen molar-refractivity contribution >= 4 is 11.8 Å². The second kappa shape index (κ2) is 8.06. The Balaban J connectivity index is 1.93. The van der Waals surface area contributed by atoms with Crippen LogP contribution in [0.3, 0.4) is 0 Å². The van der Waals surface area contributed by atoms with Crippen molar-refractivity contribution in [2.75, 3.05) is 6.54 Å². The second-order valence-electron chi connectivity index (χ2n) is 8.01. The third kappa shape index (κ3) is 4.54. The number of nitrogens with zero attached hydrogens (tertiary/aromatic N) is 1. The molecule has 0 aliphatic heterocycles. The van der Waals surface area contributed by atoms with Gasteiger partial charge in [-0.15, -0.1) is 0 Å². The average Bonchev–Trinajstić information content (AvgIpc) is 3.44. The summed E-state index contributed by atoms with van der Waals surface area (Å²) in [6.07, 6.45) is 10.7. The Morgan fingerprint density at radius 2 is 1.65 bits per heavy atom. The first-order valence-electron chi connectivity index (χ1n) is 9.80. The Bertz CT molecular complexity index is 728. The maximum atomic E-state index is 12.8. The molecule has 2 N–H and O–H groups in total. The fraction of sp³-hybridized carbons (Fsp3) is 0.650. The van der Waals surface area contributed by atoms with Crippen molar-refractivity contribution in [1.82, 2.24) is 15.2 Å². The van der Waals surface area contributed by atoms with Gasteiger partial charge in [-0.2, -0.15) is 0 Å². The first-order chi connectivity index (χ1) is 12.5. The number of pyridine rings is 1. The quantitative estimate of drug-likeness (QED) is 0.819. The zero-order chi connectivity index (χ0) is 18.7. The smallest absolute Gasteiger partial charge is 0.256 e. The molecule has 6 nitrogen and oxygen atoms in total. The molecular weight excluding hydrogens is 330 g/mol. The molecule has 1 aromatic heterocycles. The lowest BCUT2D eigenvalue weighted by atomic mass is 9.95. The Morgan fingerprint density at radius 1 is 1.04 bits per heavy atom. The van der Waals surface area contributed by atoms with Crippen LogP contribution in [0.4, 0.5) is 0 Å². The SMILES string of the molecule is CC(C)CNC(=O)c1cn(C2CCCCC2)cc(C(=O)NC2CC2)c1=O. The van der Waals surface area contributed by atoms with Gasteiger partial charge in [0.05, 0.1) is 0 Å². The maximum Gasteiger partial charge on any atom is 0.256 e. The van der Waals surface area contributed by atoms with Crippen LogP contribution in [-0.4, -0.2) is 29.0 Å². The van der Waals surface area contributed by atoms with E-state index in [4.69, 9.17) is 0 Å². The Labute approximate surface area is 154 Å². The number of rotatable bonds is 6. The molecule has 0 spiro atoms. The van der Waals surface area contributed by atoms with Crippen molar-refractivity contribution in [3.8, 4) is 0 Å². The lowest BCUT2D eigenvalue weighted by Crippen LogP contribution is -2.37. The number of carbonyl (C=O) groups excluding carboxylic acids is 2. The topological polar surface area (TPSA) is 80.2 Å². The fourth-order valence-electron chi connectivity index (χ4n) is 3.39. The molecule has 0 radical (unpaired) electrons. The summed E-state index contributed by atoms with van der Waals surface area (Å²) in [5, 5.41) is 5.68. The van der Waals surface area contributed by atoms with E-state index < -0.39 is 11.3 Å². The fourth-order valence-corrected chi connectivity index (χ4v) is 3.39. The second-order valence-corrected chi connectivity index (χ2v) is 8.01. The van der Waals surface area contributed by atoms with E-state index in [1.165, 1.54) is 6.42 Å². The van der Waals surface area contributed by atoms with Gasteiger partial charge in [0, 0.05) is 31.0 Å². The van der Waals surface area contributed by atoms with Crippen molar-refractivity contribution in [2.45, 2.75) is 70.9 Å². The third-order valence-corrected chi connectivity index (χ3v) is 5.11. The van der Waals surface area contributed by atoms with E-state index in [0.717, 1.165) is 38.5 Å². The monoisotopic (exact) mass is 359 g/mol. The molecule has 1 heterocycles. The number of carbonyl (C=O) groups is 2. The van der Waals surface area contributed by atoms with Crippen molar-refractivity contribution in [3.05, 3.63) is 33.7 Å². The van der Waals surface area contributed by atoms with Crippen LogP contribution < -0.4 is 16.1 Å². The molecule has 6 heteroatoms. The standard InChI is InChI=1S/C20H29N3O3/c1-13(2)10-21-19(25)16-11-23(15-6-4-3-5-7-15)12-17(18(16)24)20(26)22-14-8-9-14/h11-15H,3-10H2,1-2H3,(H,21,25)(H,22,26). The van der Waals surface area contributed by atoms with Gasteiger partial charge in [0.2, 0.25) is 5.43 Å². The highest BCUT2D eigenvalue weighted by atomic mass is 16.2. The van der Waals surface area contributed by atoms with Gasteiger partial charge in [-0.1, -0.05) is 33.1 Å². The van der Waals surface area contributed by atoms with Crippen LogP contribution in [0.25, 0.3) is 0 Å². The first kappa shape index (κ1) is 18.7. The van der Waals surface area contributed by atoms with Gasteiger partial charge < -0.3 is 15.2 Å². The number of hydrogen-bond donors (Lipinski definition) is 2. The molecule has 2 aliphatic rings. The van der Waals surface area contributed by atoms with Crippen LogP contribution in [0.15, 0.2) is 17.2 Å². The molecule has 2 amide bonds. The molecular formula is C20H29N3O3. The molecule has 2 aliphatic carbocycles. The summed E-state index contributed by atoms with van der Waals surface area (Å²) in [4.78, 5) is 37.9. The van der Waals surface area contributed by atoms with Crippen LogP contribution in [0.5, 0.6) is 0 Å². The summed E-state index contributed by atoms with van der Waals surface area (Å²) < 4.78 is 1.92. The van der Waals surface area contributed by atoms with Crippen molar-refractivity contribution in [1.29, 1.82) is 0 Å². The lowest BCUT2D eigenvalue weighted by molar-refractivity contribution is 0.0946. The molecule has 0 bridgehead atoms. The Hall–Kier alpha value is -2.11. The largest absolute Gasteiger partial charge is 0.352 e. The number of nitrogens with one attached hydrogen (secondary N) is 2. The summed E-state index contributed by atoms with van der Waals surface area (Å²) in [6.45, 7) is 4.50. The lowest BCUT2D eigenvalue weighted by Gasteiger charge is -2.25. The minimum absolute atomic E-state index is 0.0691. The van der Waals surface area contributed by atoms with E-state index in [1.807, 2.05) is 18.4 Å². The molecule has 1 aromatic rings. The zero-order valence-corrected chi connectivity index (χ0v) is 15.7. The predicted molar refractivity (Wildman–Crippen MR) is 100 cm³/mol. The number of amides is 2. The van der Waals surface area contributed by atoms with Crippen LogP contribution in [-0.2, 0) is 0 Å². The summed E-state index contributed by atoms with van der Waals surface area (Å²) in [6, 6.07) is 0.414. The molecule has 2 fully saturated rings. The Morgan fingerprint density at radius 3 is 2.23 bits per heavy atom. The highest BCUT2D eigenvalue weighted by Crippen LogP contribution is 2.28. The zero-order valence-electron chi connectivity index (χ0n) is 15.7. The molecule has 26 heavy (non-hydrogen) atoms. The molecule has 0 saturated heterocycles. The molecule has 0 unspecified atom stereocenters. The first-order valence-corrected chi connectivity index (χ1v) is 9.80. The summed E-state index contributed by atoms with van der Waals surface area (Å²) in [7, 11) is 0. The van der Waals surface area contributed by atoms with Crippen molar-refractivity contribution in [3.63, 3.8) is 0 Å². The molecule has 0 aromatic carbocycles. The summed E-state index contributed by atoms with van der Waals surface area (Å²) in [5.41, 5.74) is -0.323. The van der Waals surface area contributed by atoms with E-state index in [9.17, 15) is 14.4 Å². The van der Waals surface area contributed by atoms with E-state index in [-0.39, 0.29) is 29.1 Å². The van der Waals surface area contributed by atoms with Gasteiger partial charge >= 0.3 is 0 Å². The van der Waals surface area contributed by atoms with Crippen molar-refractivity contribution in [2.24, 2.45) is 5.92 Å². The highest BCUT2D eigenvalue weighted by Gasteiger charge is 2.27. The van der Waals surface area contributed by atoms with Crippen LogP contribution >= 0.6 is 0 Å². The van der Waals surface area contributed by atoms with E-state index >= 15 is 0 Å².